The highest BCUT2D eigenvalue weighted by Crippen LogP contribution is 2.21. The first-order valence-electron chi connectivity index (χ1n) is 8.52. The van der Waals surface area contributed by atoms with Crippen molar-refractivity contribution in [2.45, 2.75) is 18.9 Å². The van der Waals surface area contributed by atoms with E-state index >= 15 is 0 Å². The summed E-state index contributed by atoms with van der Waals surface area (Å²) in [6.07, 6.45) is 2.00. The summed E-state index contributed by atoms with van der Waals surface area (Å²) in [5, 5.41) is 5.85. The number of nitrogens with one attached hydrogen (secondary N) is 4. The van der Waals surface area contributed by atoms with Gasteiger partial charge in [-0.25, -0.2) is 0 Å². The summed E-state index contributed by atoms with van der Waals surface area (Å²) in [5.74, 6) is -1.03. The standard InChI is InChI=1S/C19H19BrN4O3/c20-15-7-3-1-5-13(15)19(27)24-23-17(25)11-21-16-8-4-2-6-14(16)18(26)22-12-9-10-12/h1-8,12,21H,9-11H2,(H,22,26)(H,23,25)(H,24,27). The molecule has 1 aliphatic rings. The zero-order chi connectivity index (χ0) is 19.2. The van der Waals surface area contributed by atoms with Crippen LogP contribution in [0.5, 0.6) is 0 Å². The van der Waals surface area contributed by atoms with Gasteiger partial charge in [-0.3, -0.25) is 25.2 Å². The van der Waals surface area contributed by atoms with Crippen molar-refractivity contribution in [1.82, 2.24) is 16.2 Å². The van der Waals surface area contributed by atoms with Gasteiger partial charge >= 0.3 is 0 Å². The van der Waals surface area contributed by atoms with Crippen molar-refractivity contribution in [1.29, 1.82) is 0 Å². The minimum atomic E-state index is -0.437. The maximum atomic E-state index is 12.3. The zero-order valence-electron chi connectivity index (χ0n) is 14.4. The molecule has 27 heavy (non-hydrogen) atoms. The summed E-state index contributed by atoms with van der Waals surface area (Å²) in [4.78, 5) is 36.3. The third-order valence-electron chi connectivity index (χ3n) is 3.96. The van der Waals surface area contributed by atoms with Crippen molar-refractivity contribution in [3.8, 4) is 0 Å². The van der Waals surface area contributed by atoms with Gasteiger partial charge in [0.2, 0.25) is 0 Å². The first-order chi connectivity index (χ1) is 13.0. The van der Waals surface area contributed by atoms with E-state index in [9.17, 15) is 14.4 Å². The molecule has 0 aliphatic heterocycles. The molecule has 2 aromatic rings. The van der Waals surface area contributed by atoms with Gasteiger partial charge in [0.25, 0.3) is 17.7 Å². The van der Waals surface area contributed by atoms with Crippen molar-refractivity contribution >= 4 is 39.3 Å². The fourth-order valence-corrected chi connectivity index (χ4v) is 2.85. The van der Waals surface area contributed by atoms with Gasteiger partial charge in [0.05, 0.1) is 17.7 Å². The summed E-state index contributed by atoms with van der Waals surface area (Å²) in [5.41, 5.74) is 6.16. The Bertz CT molecular complexity index is 868. The number of hydrogen-bond acceptors (Lipinski definition) is 4. The molecule has 8 heteroatoms. The molecular weight excluding hydrogens is 412 g/mol. The fraction of sp³-hybridized carbons (Fsp3) is 0.211. The monoisotopic (exact) mass is 430 g/mol. The SMILES string of the molecule is O=C(CNc1ccccc1C(=O)NC1CC1)NNC(=O)c1ccccc1Br. The van der Waals surface area contributed by atoms with Crippen molar-refractivity contribution in [2.75, 3.05) is 11.9 Å². The number of amides is 3. The van der Waals surface area contributed by atoms with Crippen molar-refractivity contribution < 1.29 is 14.4 Å². The van der Waals surface area contributed by atoms with E-state index in [0.29, 0.717) is 21.3 Å². The molecule has 3 amide bonds. The number of para-hydroxylation sites is 1. The van der Waals surface area contributed by atoms with Crippen molar-refractivity contribution in [2.24, 2.45) is 0 Å². The van der Waals surface area contributed by atoms with Crippen LogP contribution in [0.1, 0.15) is 33.6 Å². The largest absolute Gasteiger partial charge is 0.375 e. The Morgan fingerprint density at radius 2 is 1.56 bits per heavy atom. The van der Waals surface area contributed by atoms with Crippen LogP contribution >= 0.6 is 15.9 Å². The average Bonchev–Trinajstić information content (AvgIpc) is 3.49. The highest BCUT2D eigenvalue weighted by molar-refractivity contribution is 9.10. The van der Waals surface area contributed by atoms with Crippen LogP contribution in [-0.2, 0) is 4.79 Å². The Morgan fingerprint density at radius 3 is 2.26 bits per heavy atom. The Morgan fingerprint density at radius 1 is 0.889 bits per heavy atom. The third-order valence-corrected chi connectivity index (χ3v) is 4.65. The number of hydrogen-bond donors (Lipinski definition) is 4. The quantitative estimate of drug-likeness (QED) is 0.527. The second-order valence-corrected chi connectivity index (χ2v) is 6.98. The number of halogens is 1. The topological polar surface area (TPSA) is 99.3 Å². The molecule has 0 saturated heterocycles. The second kappa shape index (κ2) is 8.68. The maximum absolute atomic E-state index is 12.3. The van der Waals surface area contributed by atoms with Crippen LogP contribution < -0.4 is 21.5 Å². The molecule has 7 nitrogen and oxygen atoms in total. The molecule has 1 saturated carbocycles. The second-order valence-electron chi connectivity index (χ2n) is 6.13. The maximum Gasteiger partial charge on any atom is 0.270 e. The lowest BCUT2D eigenvalue weighted by Gasteiger charge is -2.13. The van der Waals surface area contributed by atoms with Crippen LogP contribution in [-0.4, -0.2) is 30.3 Å². The molecule has 3 rings (SSSR count). The molecule has 1 fully saturated rings. The zero-order valence-corrected chi connectivity index (χ0v) is 16.0. The molecule has 0 heterocycles. The van der Waals surface area contributed by atoms with Gasteiger partial charge in [0.1, 0.15) is 0 Å². The molecular formula is C19H19BrN4O3. The fourth-order valence-electron chi connectivity index (χ4n) is 2.38. The highest BCUT2D eigenvalue weighted by atomic mass is 79.9. The number of rotatable bonds is 6. The Labute approximate surface area is 165 Å². The summed E-state index contributed by atoms with van der Waals surface area (Å²) < 4.78 is 0.630. The smallest absolute Gasteiger partial charge is 0.270 e. The number of benzene rings is 2. The number of hydrazine groups is 1. The van der Waals surface area contributed by atoms with E-state index in [2.05, 4.69) is 37.4 Å². The van der Waals surface area contributed by atoms with Crippen LogP contribution in [0, 0.1) is 0 Å². The van der Waals surface area contributed by atoms with Gasteiger partial charge in [-0.15, -0.1) is 0 Å². The molecule has 1 aliphatic carbocycles. The van der Waals surface area contributed by atoms with Crippen molar-refractivity contribution in [3.63, 3.8) is 0 Å². The van der Waals surface area contributed by atoms with E-state index in [1.807, 2.05) is 0 Å². The number of anilines is 1. The van der Waals surface area contributed by atoms with Crippen LogP contribution in [0.2, 0.25) is 0 Å². The molecule has 0 radical (unpaired) electrons. The van der Waals surface area contributed by atoms with E-state index in [4.69, 9.17) is 0 Å². The summed E-state index contributed by atoms with van der Waals surface area (Å²) >= 11 is 3.28. The van der Waals surface area contributed by atoms with E-state index in [-0.39, 0.29) is 18.5 Å². The average molecular weight is 431 g/mol. The molecule has 2 aromatic carbocycles. The molecule has 0 spiro atoms. The van der Waals surface area contributed by atoms with E-state index in [0.717, 1.165) is 12.8 Å². The molecule has 4 N–H and O–H groups in total. The molecule has 0 aromatic heterocycles. The van der Waals surface area contributed by atoms with Gasteiger partial charge in [-0.05, 0) is 53.0 Å². The van der Waals surface area contributed by atoms with Crippen LogP contribution in [0.4, 0.5) is 5.69 Å². The lowest BCUT2D eigenvalue weighted by atomic mass is 10.1. The van der Waals surface area contributed by atoms with Crippen LogP contribution in [0.3, 0.4) is 0 Å². The van der Waals surface area contributed by atoms with Gasteiger partial charge in [0, 0.05) is 16.2 Å². The Kier molecular flexibility index (Phi) is 6.08. The molecule has 140 valence electrons. The molecule has 0 atom stereocenters. The van der Waals surface area contributed by atoms with Crippen LogP contribution in [0.25, 0.3) is 0 Å². The highest BCUT2D eigenvalue weighted by Gasteiger charge is 2.24. The summed E-state index contributed by atoms with van der Waals surface area (Å²) in [7, 11) is 0. The van der Waals surface area contributed by atoms with E-state index in [1.165, 1.54) is 0 Å². The van der Waals surface area contributed by atoms with Crippen molar-refractivity contribution in [3.05, 3.63) is 64.1 Å². The first-order valence-corrected chi connectivity index (χ1v) is 9.31. The summed E-state index contributed by atoms with van der Waals surface area (Å²) in [6.45, 7) is -0.0933. The Balaban J connectivity index is 1.51. The van der Waals surface area contributed by atoms with Gasteiger partial charge in [-0.2, -0.15) is 0 Å². The third kappa shape index (κ3) is 5.30. The minimum Gasteiger partial charge on any atom is -0.375 e. The lowest BCUT2D eigenvalue weighted by molar-refractivity contribution is -0.120. The first kappa shape index (κ1) is 18.9. The predicted molar refractivity (Wildman–Crippen MR) is 105 cm³/mol. The van der Waals surface area contributed by atoms with Gasteiger partial charge < -0.3 is 10.6 Å². The van der Waals surface area contributed by atoms with E-state index < -0.39 is 11.8 Å². The minimum absolute atomic E-state index is 0.0933. The van der Waals surface area contributed by atoms with Gasteiger partial charge in [0.15, 0.2) is 0 Å². The van der Waals surface area contributed by atoms with Gasteiger partial charge in [-0.1, -0.05) is 24.3 Å². The lowest BCUT2D eigenvalue weighted by Crippen LogP contribution is -2.44. The van der Waals surface area contributed by atoms with E-state index in [1.54, 1.807) is 48.5 Å². The normalized spacial score (nSPS) is 12.8. The Hall–Kier alpha value is -2.87. The molecule has 0 bridgehead atoms. The number of carbonyl (C=O) groups excluding carboxylic acids is 3. The number of carbonyl (C=O) groups is 3. The van der Waals surface area contributed by atoms with Crippen LogP contribution in [0.15, 0.2) is 53.0 Å². The molecule has 0 unspecified atom stereocenters. The summed E-state index contributed by atoms with van der Waals surface area (Å²) in [6, 6.07) is 14.1. The predicted octanol–water partition coefficient (Wildman–Crippen LogP) is 2.21.